The van der Waals surface area contributed by atoms with Crippen LogP contribution >= 0.6 is 23.2 Å². The lowest BCUT2D eigenvalue weighted by atomic mass is 10.1. The molecule has 0 bridgehead atoms. The molecule has 1 rings (SSSR count). The van der Waals surface area contributed by atoms with Crippen LogP contribution in [0.3, 0.4) is 0 Å². The van der Waals surface area contributed by atoms with Crippen molar-refractivity contribution in [2.24, 2.45) is 5.92 Å². The molecule has 1 aromatic rings. The highest BCUT2D eigenvalue weighted by Crippen LogP contribution is 2.15. The van der Waals surface area contributed by atoms with E-state index in [1.165, 1.54) is 6.07 Å². The fourth-order valence-electron chi connectivity index (χ4n) is 1.08. The molecule has 1 N–H and O–H groups in total. The van der Waals surface area contributed by atoms with E-state index in [0.717, 1.165) is 6.42 Å². The average molecular weight is 262 g/mol. The Bertz CT molecular complexity index is 362. The monoisotopic (exact) mass is 261 g/mol. The zero-order valence-corrected chi connectivity index (χ0v) is 10.6. The smallest absolute Gasteiger partial charge is 0.225 e. The van der Waals surface area contributed by atoms with Gasteiger partial charge in [-0.05, 0) is 23.9 Å². The van der Waals surface area contributed by atoms with Gasteiger partial charge >= 0.3 is 0 Å². The van der Waals surface area contributed by atoms with Crippen LogP contribution in [0.4, 0.5) is 5.82 Å². The Balaban J connectivity index is 2.56. The molecule has 6 heteroatoms. The zero-order valence-electron chi connectivity index (χ0n) is 9.13. The van der Waals surface area contributed by atoms with Crippen LogP contribution in [0.25, 0.3) is 0 Å². The molecular formula is C10H13Cl2N3O. The molecule has 1 heterocycles. The minimum Gasteiger partial charge on any atom is -0.311 e. The van der Waals surface area contributed by atoms with Crippen molar-refractivity contribution in [2.45, 2.75) is 26.7 Å². The molecule has 1 amide bonds. The summed E-state index contributed by atoms with van der Waals surface area (Å²) in [6.07, 6.45) is 1.29. The van der Waals surface area contributed by atoms with Crippen molar-refractivity contribution in [1.82, 2.24) is 9.97 Å². The highest BCUT2D eigenvalue weighted by Gasteiger charge is 2.07. The van der Waals surface area contributed by atoms with Crippen LogP contribution in [-0.2, 0) is 4.79 Å². The van der Waals surface area contributed by atoms with Gasteiger partial charge in [0.2, 0.25) is 11.2 Å². The summed E-state index contributed by atoms with van der Waals surface area (Å²) in [7, 11) is 0. The zero-order chi connectivity index (χ0) is 12.1. The second-order valence-corrected chi connectivity index (χ2v) is 4.55. The maximum Gasteiger partial charge on any atom is 0.225 e. The first-order chi connectivity index (χ1) is 7.47. The van der Waals surface area contributed by atoms with Crippen molar-refractivity contribution in [3.63, 3.8) is 0 Å². The van der Waals surface area contributed by atoms with E-state index in [-0.39, 0.29) is 16.3 Å². The number of halogens is 2. The quantitative estimate of drug-likeness (QED) is 0.669. The largest absolute Gasteiger partial charge is 0.311 e. The predicted octanol–water partition coefficient (Wildman–Crippen LogP) is 3.16. The first kappa shape index (κ1) is 13.2. The lowest BCUT2D eigenvalue weighted by Crippen LogP contribution is -2.13. The van der Waals surface area contributed by atoms with Crippen molar-refractivity contribution < 1.29 is 4.79 Å². The van der Waals surface area contributed by atoms with Gasteiger partial charge in [0.05, 0.1) is 0 Å². The van der Waals surface area contributed by atoms with Gasteiger partial charge in [-0.1, -0.05) is 25.4 Å². The van der Waals surface area contributed by atoms with Crippen molar-refractivity contribution in [1.29, 1.82) is 0 Å². The van der Waals surface area contributed by atoms with E-state index in [1.807, 2.05) is 0 Å². The van der Waals surface area contributed by atoms with E-state index in [1.54, 1.807) is 0 Å². The van der Waals surface area contributed by atoms with Gasteiger partial charge in [0, 0.05) is 12.5 Å². The SMILES string of the molecule is CC(C)CCC(=O)Nc1cc(Cl)nc(Cl)n1. The van der Waals surface area contributed by atoms with Crippen LogP contribution in [-0.4, -0.2) is 15.9 Å². The molecule has 4 nitrogen and oxygen atoms in total. The number of nitrogens with zero attached hydrogens (tertiary/aromatic N) is 2. The van der Waals surface area contributed by atoms with Crippen LogP contribution in [0.5, 0.6) is 0 Å². The molecule has 0 radical (unpaired) electrons. The third-order valence-corrected chi connectivity index (χ3v) is 2.25. The van der Waals surface area contributed by atoms with Crippen LogP contribution in [0.2, 0.25) is 10.4 Å². The Morgan fingerprint density at radius 2 is 2.12 bits per heavy atom. The first-order valence-electron chi connectivity index (χ1n) is 4.97. The molecule has 0 saturated carbocycles. The van der Waals surface area contributed by atoms with Gasteiger partial charge in [-0.15, -0.1) is 0 Å². The molecule has 0 unspecified atom stereocenters. The second-order valence-electron chi connectivity index (χ2n) is 3.83. The van der Waals surface area contributed by atoms with Crippen LogP contribution in [0.1, 0.15) is 26.7 Å². The number of aromatic nitrogens is 2. The summed E-state index contributed by atoms with van der Waals surface area (Å²) in [4.78, 5) is 19.0. The van der Waals surface area contributed by atoms with E-state index in [4.69, 9.17) is 23.2 Å². The van der Waals surface area contributed by atoms with Crippen molar-refractivity contribution in [3.8, 4) is 0 Å². The fourth-order valence-corrected chi connectivity index (χ4v) is 1.49. The predicted molar refractivity (Wildman–Crippen MR) is 64.8 cm³/mol. The van der Waals surface area contributed by atoms with Gasteiger partial charge in [-0.3, -0.25) is 4.79 Å². The minimum atomic E-state index is -0.0977. The van der Waals surface area contributed by atoms with Gasteiger partial charge in [0.15, 0.2) is 0 Å². The molecule has 0 aliphatic heterocycles. The van der Waals surface area contributed by atoms with Gasteiger partial charge in [0.25, 0.3) is 0 Å². The van der Waals surface area contributed by atoms with Crippen molar-refractivity contribution in [3.05, 3.63) is 16.5 Å². The minimum absolute atomic E-state index is 0.0201. The van der Waals surface area contributed by atoms with Gasteiger partial charge < -0.3 is 5.32 Å². The Labute approximate surface area is 104 Å². The highest BCUT2D eigenvalue weighted by molar-refractivity contribution is 6.32. The van der Waals surface area contributed by atoms with Crippen LogP contribution in [0.15, 0.2) is 6.07 Å². The summed E-state index contributed by atoms with van der Waals surface area (Å²) >= 11 is 11.3. The third kappa shape index (κ3) is 4.77. The number of carbonyl (C=O) groups is 1. The van der Waals surface area contributed by atoms with Crippen molar-refractivity contribution in [2.75, 3.05) is 5.32 Å². The molecule has 0 aliphatic rings. The molecule has 0 spiro atoms. The van der Waals surface area contributed by atoms with E-state index < -0.39 is 0 Å². The Morgan fingerprint density at radius 1 is 1.44 bits per heavy atom. The van der Waals surface area contributed by atoms with Crippen LogP contribution < -0.4 is 5.32 Å². The van der Waals surface area contributed by atoms with Crippen LogP contribution in [0, 0.1) is 5.92 Å². The number of amides is 1. The lowest BCUT2D eigenvalue weighted by Gasteiger charge is -2.06. The Kier molecular flexibility index (Phi) is 4.96. The van der Waals surface area contributed by atoms with E-state index >= 15 is 0 Å². The van der Waals surface area contributed by atoms with Crippen molar-refractivity contribution >= 4 is 34.9 Å². The second kappa shape index (κ2) is 6.01. The summed E-state index contributed by atoms with van der Waals surface area (Å²) in [5.74, 6) is 0.724. The first-order valence-corrected chi connectivity index (χ1v) is 5.73. The molecule has 0 fully saturated rings. The average Bonchev–Trinajstić information content (AvgIpc) is 2.12. The van der Waals surface area contributed by atoms with E-state index in [9.17, 15) is 4.79 Å². The third-order valence-electron chi connectivity index (χ3n) is 1.88. The number of nitrogens with one attached hydrogen (secondary N) is 1. The molecule has 0 aromatic carbocycles. The molecule has 0 saturated heterocycles. The van der Waals surface area contributed by atoms with Gasteiger partial charge in [-0.2, -0.15) is 0 Å². The molecule has 1 aromatic heterocycles. The topological polar surface area (TPSA) is 54.9 Å². The van der Waals surface area contributed by atoms with E-state index in [0.29, 0.717) is 18.2 Å². The highest BCUT2D eigenvalue weighted by atomic mass is 35.5. The Hall–Kier alpha value is -0.870. The maximum atomic E-state index is 11.5. The molecular weight excluding hydrogens is 249 g/mol. The number of hydrogen-bond donors (Lipinski definition) is 1. The molecule has 0 aliphatic carbocycles. The Morgan fingerprint density at radius 3 is 2.69 bits per heavy atom. The molecule has 16 heavy (non-hydrogen) atoms. The summed E-state index contributed by atoms with van der Waals surface area (Å²) in [5, 5.41) is 2.85. The fraction of sp³-hybridized carbons (Fsp3) is 0.500. The lowest BCUT2D eigenvalue weighted by molar-refractivity contribution is -0.116. The number of rotatable bonds is 4. The molecule has 88 valence electrons. The number of hydrogen-bond acceptors (Lipinski definition) is 3. The normalized spacial score (nSPS) is 10.6. The summed E-state index contributed by atoms with van der Waals surface area (Å²) in [5.41, 5.74) is 0. The standard InChI is InChI=1S/C10H13Cl2N3O/c1-6(2)3-4-9(16)14-8-5-7(11)13-10(12)15-8/h5-6H,3-4H2,1-2H3,(H,13,14,15,16). The van der Waals surface area contributed by atoms with E-state index in [2.05, 4.69) is 29.1 Å². The summed E-state index contributed by atoms with van der Waals surface area (Å²) in [6, 6.07) is 1.46. The number of carbonyl (C=O) groups excluding carboxylic acids is 1. The maximum absolute atomic E-state index is 11.5. The summed E-state index contributed by atoms with van der Waals surface area (Å²) in [6.45, 7) is 4.12. The number of anilines is 1. The molecule has 0 atom stereocenters. The summed E-state index contributed by atoms with van der Waals surface area (Å²) < 4.78 is 0. The van der Waals surface area contributed by atoms with Gasteiger partial charge in [-0.25, -0.2) is 9.97 Å². The van der Waals surface area contributed by atoms with Gasteiger partial charge in [0.1, 0.15) is 11.0 Å².